The van der Waals surface area contributed by atoms with Crippen molar-refractivity contribution in [3.05, 3.63) is 46.4 Å². The van der Waals surface area contributed by atoms with Gasteiger partial charge in [0.25, 0.3) is 0 Å². The fourth-order valence-corrected chi connectivity index (χ4v) is 4.41. The highest BCUT2D eigenvalue weighted by Gasteiger charge is 2.17. The molecule has 0 aliphatic rings. The summed E-state index contributed by atoms with van der Waals surface area (Å²) in [5.74, 6) is 2.29. The molecule has 0 bridgehead atoms. The Kier molecular flexibility index (Phi) is 8.37. The van der Waals surface area contributed by atoms with Crippen molar-refractivity contribution in [1.29, 1.82) is 0 Å². The Balaban J connectivity index is 1.96. The predicted molar refractivity (Wildman–Crippen MR) is 127 cm³/mol. The zero-order valence-electron chi connectivity index (χ0n) is 18.3. The van der Waals surface area contributed by atoms with Gasteiger partial charge in [-0.15, -0.1) is 0 Å². The quantitative estimate of drug-likeness (QED) is 0.303. The standard InChI is InChI=1S/C23H33N5OS/c1-4-10-17(11-5-2)15-24-20-19-21(27-22(26-20)30-14-6-3)28(23(29)25-19)16-18-12-8-7-9-13-18/h7-9,12-13,17H,4-6,10-11,14-16H2,1-3H3,(H,25,29)(H,24,26,27). The lowest BCUT2D eigenvalue weighted by molar-refractivity contribution is 0.461. The van der Waals surface area contributed by atoms with Crippen molar-refractivity contribution >= 4 is 28.7 Å². The van der Waals surface area contributed by atoms with Crippen LogP contribution in [0.3, 0.4) is 0 Å². The summed E-state index contributed by atoms with van der Waals surface area (Å²) in [6.45, 7) is 7.95. The number of anilines is 1. The van der Waals surface area contributed by atoms with Crippen LogP contribution in [0, 0.1) is 5.92 Å². The maximum atomic E-state index is 12.8. The van der Waals surface area contributed by atoms with E-state index in [-0.39, 0.29) is 5.69 Å². The molecule has 30 heavy (non-hydrogen) atoms. The van der Waals surface area contributed by atoms with Crippen LogP contribution in [0.15, 0.2) is 40.3 Å². The Bertz CT molecular complexity index is 976. The van der Waals surface area contributed by atoms with Gasteiger partial charge in [0.15, 0.2) is 16.6 Å². The maximum absolute atomic E-state index is 12.8. The van der Waals surface area contributed by atoms with Gasteiger partial charge in [0, 0.05) is 12.3 Å². The predicted octanol–water partition coefficient (Wildman–Crippen LogP) is 5.30. The average Bonchev–Trinajstić information content (AvgIpc) is 3.06. The van der Waals surface area contributed by atoms with Crippen LogP contribution >= 0.6 is 11.8 Å². The maximum Gasteiger partial charge on any atom is 0.328 e. The number of H-pyrrole nitrogens is 1. The normalized spacial score (nSPS) is 11.5. The summed E-state index contributed by atoms with van der Waals surface area (Å²) >= 11 is 1.64. The van der Waals surface area contributed by atoms with Crippen LogP contribution in [0.5, 0.6) is 0 Å². The second-order valence-electron chi connectivity index (χ2n) is 7.73. The van der Waals surface area contributed by atoms with E-state index >= 15 is 0 Å². The van der Waals surface area contributed by atoms with E-state index < -0.39 is 0 Å². The third-order valence-corrected chi connectivity index (χ3v) is 6.23. The minimum Gasteiger partial charge on any atom is -0.368 e. The average molecular weight is 428 g/mol. The Hall–Kier alpha value is -2.28. The van der Waals surface area contributed by atoms with Crippen molar-refractivity contribution in [1.82, 2.24) is 19.5 Å². The van der Waals surface area contributed by atoms with Gasteiger partial charge in [-0.1, -0.05) is 75.7 Å². The topological polar surface area (TPSA) is 75.6 Å². The summed E-state index contributed by atoms with van der Waals surface area (Å²) in [5, 5.41) is 4.25. The minimum atomic E-state index is -0.150. The number of rotatable bonds is 12. The first-order valence-electron chi connectivity index (χ1n) is 11.1. The molecule has 6 nitrogen and oxygen atoms in total. The molecule has 0 spiro atoms. The smallest absolute Gasteiger partial charge is 0.328 e. The van der Waals surface area contributed by atoms with Crippen LogP contribution in [-0.2, 0) is 6.54 Å². The molecule has 2 N–H and O–H groups in total. The third-order valence-electron chi connectivity index (χ3n) is 5.17. The molecule has 1 aromatic carbocycles. The van der Waals surface area contributed by atoms with Crippen molar-refractivity contribution in [3.8, 4) is 0 Å². The van der Waals surface area contributed by atoms with Crippen LogP contribution in [0.2, 0.25) is 0 Å². The molecule has 7 heteroatoms. The van der Waals surface area contributed by atoms with E-state index in [0.717, 1.165) is 35.3 Å². The number of nitrogens with zero attached hydrogens (tertiary/aromatic N) is 3. The van der Waals surface area contributed by atoms with Gasteiger partial charge in [-0.05, 0) is 30.7 Å². The fourth-order valence-electron chi connectivity index (χ4n) is 3.71. The number of thioether (sulfide) groups is 1. The molecule has 0 saturated heterocycles. The van der Waals surface area contributed by atoms with Crippen molar-refractivity contribution in [2.45, 2.75) is 64.6 Å². The van der Waals surface area contributed by atoms with Gasteiger partial charge >= 0.3 is 5.69 Å². The molecule has 0 fully saturated rings. The van der Waals surface area contributed by atoms with Crippen molar-refractivity contribution in [3.63, 3.8) is 0 Å². The molecule has 0 amide bonds. The van der Waals surface area contributed by atoms with E-state index in [1.165, 1.54) is 25.7 Å². The number of aromatic amines is 1. The molecule has 0 unspecified atom stereocenters. The monoisotopic (exact) mass is 427 g/mol. The number of hydrogen-bond acceptors (Lipinski definition) is 5. The highest BCUT2D eigenvalue weighted by Crippen LogP contribution is 2.24. The van der Waals surface area contributed by atoms with E-state index in [1.807, 2.05) is 30.3 Å². The number of fused-ring (bicyclic) bond motifs is 1. The second-order valence-corrected chi connectivity index (χ2v) is 8.79. The van der Waals surface area contributed by atoms with Crippen molar-refractivity contribution in [2.24, 2.45) is 5.92 Å². The summed E-state index contributed by atoms with van der Waals surface area (Å²) in [6.07, 6.45) is 5.78. The van der Waals surface area contributed by atoms with E-state index in [2.05, 4.69) is 31.1 Å². The number of hydrogen-bond donors (Lipinski definition) is 2. The zero-order chi connectivity index (χ0) is 21.3. The molecule has 0 radical (unpaired) electrons. The number of nitrogens with one attached hydrogen (secondary N) is 2. The summed E-state index contributed by atoms with van der Waals surface area (Å²) in [6, 6.07) is 10.0. The SMILES string of the molecule is CCCSc1nc(NCC(CCC)CCC)c2[nH]c(=O)n(Cc3ccccc3)c2n1. The minimum absolute atomic E-state index is 0.150. The largest absolute Gasteiger partial charge is 0.368 e. The van der Waals surface area contributed by atoms with Crippen LogP contribution in [0.25, 0.3) is 11.2 Å². The third kappa shape index (κ3) is 5.65. The molecular formula is C23H33N5OS. The summed E-state index contributed by atoms with van der Waals surface area (Å²) in [4.78, 5) is 25.2. The molecule has 162 valence electrons. The molecule has 0 aliphatic carbocycles. The first-order valence-corrected chi connectivity index (χ1v) is 12.1. The van der Waals surface area contributed by atoms with Crippen molar-refractivity contribution in [2.75, 3.05) is 17.6 Å². The molecule has 2 heterocycles. The second kappa shape index (κ2) is 11.2. The van der Waals surface area contributed by atoms with Crippen LogP contribution < -0.4 is 11.0 Å². The van der Waals surface area contributed by atoms with Crippen LogP contribution in [0.4, 0.5) is 5.82 Å². The van der Waals surface area contributed by atoms with E-state index in [9.17, 15) is 4.79 Å². The van der Waals surface area contributed by atoms with E-state index in [0.29, 0.717) is 23.6 Å². The number of aromatic nitrogens is 4. The molecule has 3 rings (SSSR count). The fraction of sp³-hybridized carbons (Fsp3) is 0.522. The Morgan fingerprint density at radius 1 is 1.07 bits per heavy atom. The summed E-state index contributed by atoms with van der Waals surface area (Å²) < 4.78 is 1.71. The van der Waals surface area contributed by atoms with Gasteiger partial charge in [-0.2, -0.15) is 0 Å². The van der Waals surface area contributed by atoms with Crippen molar-refractivity contribution < 1.29 is 0 Å². The number of benzene rings is 1. The van der Waals surface area contributed by atoms with Gasteiger partial charge in [0.1, 0.15) is 5.52 Å². The lowest BCUT2D eigenvalue weighted by Gasteiger charge is -2.17. The Morgan fingerprint density at radius 2 is 1.80 bits per heavy atom. The van der Waals surface area contributed by atoms with Gasteiger partial charge in [-0.25, -0.2) is 14.8 Å². The van der Waals surface area contributed by atoms with Gasteiger partial charge in [0.2, 0.25) is 0 Å². The number of imidazole rings is 1. The lowest BCUT2D eigenvalue weighted by Crippen LogP contribution is -2.17. The molecule has 3 aromatic rings. The zero-order valence-corrected chi connectivity index (χ0v) is 19.1. The summed E-state index contributed by atoms with van der Waals surface area (Å²) in [5.41, 5.74) is 2.29. The van der Waals surface area contributed by atoms with E-state index in [1.54, 1.807) is 16.3 Å². The highest BCUT2D eigenvalue weighted by molar-refractivity contribution is 7.99. The molecule has 0 atom stereocenters. The Labute approximate surface area is 182 Å². The highest BCUT2D eigenvalue weighted by atomic mass is 32.2. The van der Waals surface area contributed by atoms with Gasteiger partial charge in [-0.3, -0.25) is 4.57 Å². The van der Waals surface area contributed by atoms with Gasteiger partial charge < -0.3 is 10.3 Å². The molecule has 0 saturated carbocycles. The first-order chi connectivity index (χ1) is 14.7. The van der Waals surface area contributed by atoms with Gasteiger partial charge in [0.05, 0.1) is 6.54 Å². The van der Waals surface area contributed by atoms with Crippen LogP contribution in [0.1, 0.15) is 58.4 Å². The Morgan fingerprint density at radius 3 is 2.47 bits per heavy atom. The summed E-state index contributed by atoms with van der Waals surface area (Å²) in [7, 11) is 0. The van der Waals surface area contributed by atoms with Crippen LogP contribution in [-0.4, -0.2) is 31.8 Å². The first kappa shape index (κ1) is 22.4. The lowest BCUT2D eigenvalue weighted by atomic mass is 9.98. The molecule has 2 aromatic heterocycles. The van der Waals surface area contributed by atoms with E-state index in [4.69, 9.17) is 9.97 Å². The molecule has 0 aliphatic heterocycles. The molecular weight excluding hydrogens is 394 g/mol.